The van der Waals surface area contributed by atoms with Crippen molar-refractivity contribution in [3.8, 4) is 0 Å². The van der Waals surface area contributed by atoms with Crippen LogP contribution in [0.1, 0.15) is 90.3 Å². The molecule has 0 aromatic heterocycles. The highest BCUT2D eigenvalue weighted by Crippen LogP contribution is 2.30. The summed E-state index contributed by atoms with van der Waals surface area (Å²) in [7, 11) is 0. The van der Waals surface area contributed by atoms with Gasteiger partial charge in [-0.2, -0.15) is 0 Å². The summed E-state index contributed by atoms with van der Waals surface area (Å²) in [6.45, 7) is 7.89. The SMILES string of the molecule is CCCCCCc1ccc(C(=O)Nc2ccc(N3CCc4ccccc4C3)c(C(=O)NC(C)CC)c2)cc1. The van der Waals surface area contributed by atoms with Crippen LogP contribution in [0.25, 0.3) is 0 Å². The van der Waals surface area contributed by atoms with E-state index in [9.17, 15) is 9.59 Å². The number of carbonyl (C=O) groups excluding carboxylic acids is 2. The molecule has 38 heavy (non-hydrogen) atoms. The molecule has 1 heterocycles. The first kappa shape index (κ1) is 27.4. The molecule has 0 spiro atoms. The highest BCUT2D eigenvalue weighted by molar-refractivity contribution is 6.06. The van der Waals surface area contributed by atoms with Crippen LogP contribution < -0.4 is 15.5 Å². The van der Waals surface area contributed by atoms with Gasteiger partial charge in [-0.05, 0) is 79.6 Å². The molecule has 0 aliphatic carbocycles. The van der Waals surface area contributed by atoms with E-state index in [0.29, 0.717) is 16.8 Å². The second-order valence-electron chi connectivity index (χ2n) is 10.4. The van der Waals surface area contributed by atoms with E-state index in [1.165, 1.54) is 42.4 Å². The van der Waals surface area contributed by atoms with E-state index < -0.39 is 0 Å². The van der Waals surface area contributed by atoms with E-state index >= 15 is 0 Å². The Morgan fingerprint density at radius 3 is 2.39 bits per heavy atom. The summed E-state index contributed by atoms with van der Waals surface area (Å²) >= 11 is 0. The van der Waals surface area contributed by atoms with Crippen molar-refractivity contribution in [2.24, 2.45) is 0 Å². The lowest BCUT2D eigenvalue weighted by atomic mass is 9.98. The van der Waals surface area contributed by atoms with Crippen LogP contribution in [0.4, 0.5) is 11.4 Å². The van der Waals surface area contributed by atoms with Gasteiger partial charge in [0.15, 0.2) is 0 Å². The molecule has 5 heteroatoms. The number of rotatable bonds is 11. The minimum atomic E-state index is -0.171. The van der Waals surface area contributed by atoms with E-state index in [-0.39, 0.29) is 17.9 Å². The fourth-order valence-corrected chi connectivity index (χ4v) is 4.96. The second kappa shape index (κ2) is 13.3. The molecule has 5 nitrogen and oxygen atoms in total. The number of benzene rings is 3. The number of nitrogens with zero attached hydrogens (tertiary/aromatic N) is 1. The van der Waals surface area contributed by atoms with Gasteiger partial charge in [-0.1, -0.05) is 69.5 Å². The van der Waals surface area contributed by atoms with E-state index in [1.807, 2.05) is 49.4 Å². The van der Waals surface area contributed by atoms with Gasteiger partial charge in [0.05, 0.1) is 5.56 Å². The number of fused-ring (bicyclic) bond motifs is 1. The zero-order valence-corrected chi connectivity index (χ0v) is 23.1. The van der Waals surface area contributed by atoms with Gasteiger partial charge in [0.1, 0.15) is 0 Å². The average molecular weight is 512 g/mol. The van der Waals surface area contributed by atoms with Crippen molar-refractivity contribution in [1.82, 2.24) is 5.32 Å². The molecule has 4 rings (SSSR count). The average Bonchev–Trinajstić information content (AvgIpc) is 2.95. The van der Waals surface area contributed by atoms with Crippen LogP contribution in [0.5, 0.6) is 0 Å². The van der Waals surface area contributed by atoms with E-state index in [4.69, 9.17) is 0 Å². The van der Waals surface area contributed by atoms with Gasteiger partial charge in [0.2, 0.25) is 0 Å². The van der Waals surface area contributed by atoms with E-state index in [0.717, 1.165) is 38.0 Å². The summed E-state index contributed by atoms with van der Waals surface area (Å²) < 4.78 is 0. The Labute approximate surface area is 227 Å². The molecule has 0 saturated carbocycles. The molecular formula is C33H41N3O2. The number of amides is 2. The number of hydrogen-bond acceptors (Lipinski definition) is 3. The summed E-state index contributed by atoms with van der Waals surface area (Å²) in [5.74, 6) is -0.285. The minimum absolute atomic E-state index is 0.0659. The van der Waals surface area contributed by atoms with Crippen LogP contribution in [-0.2, 0) is 19.4 Å². The standard InChI is InChI=1S/C33H41N3O2/c1-4-6-7-8-11-25-14-16-27(17-15-25)32(37)35-29-18-19-31(30(22-29)33(38)34-24(3)5-2)36-21-20-26-12-9-10-13-28(26)23-36/h9-10,12-19,22,24H,4-8,11,20-21,23H2,1-3H3,(H,34,38)(H,35,37). The Morgan fingerprint density at radius 2 is 1.66 bits per heavy atom. The number of unbranched alkanes of at least 4 members (excludes halogenated alkanes) is 3. The van der Waals surface area contributed by atoms with Crippen molar-refractivity contribution in [3.05, 3.63) is 94.5 Å². The van der Waals surface area contributed by atoms with Crippen molar-refractivity contribution < 1.29 is 9.59 Å². The summed E-state index contributed by atoms with van der Waals surface area (Å²) in [4.78, 5) is 28.6. The number of aryl methyl sites for hydroxylation is 1. The third kappa shape index (κ3) is 7.03. The van der Waals surface area contributed by atoms with Crippen LogP contribution in [-0.4, -0.2) is 24.4 Å². The van der Waals surface area contributed by atoms with Gasteiger partial charge >= 0.3 is 0 Å². The first-order valence-corrected chi connectivity index (χ1v) is 14.2. The lowest BCUT2D eigenvalue weighted by molar-refractivity contribution is 0.0938. The smallest absolute Gasteiger partial charge is 0.255 e. The van der Waals surface area contributed by atoms with E-state index in [1.54, 1.807) is 0 Å². The van der Waals surface area contributed by atoms with Gasteiger partial charge in [0.25, 0.3) is 11.8 Å². The molecule has 0 radical (unpaired) electrons. The van der Waals surface area contributed by atoms with Gasteiger partial charge < -0.3 is 15.5 Å². The molecule has 0 saturated heterocycles. The minimum Gasteiger partial charge on any atom is -0.366 e. The first-order chi connectivity index (χ1) is 18.5. The number of anilines is 2. The monoisotopic (exact) mass is 511 g/mol. The van der Waals surface area contributed by atoms with Crippen LogP contribution in [0.2, 0.25) is 0 Å². The highest BCUT2D eigenvalue weighted by atomic mass is 16.2. The fourth-order valence-electron chi connectivity index (χ4n) is 4.96. The summed E-state index contributed by atoms with van der Waals surface area (Å²) in [5.41, 5.74) is 6.63. The Balaban J connectivity index is 1.51. The lowest BCUT2D eigenvalue weighted by Gasteiger charge is -2.32. The molecule has 200 valence electrons. The van der Waals surface area contributed by atoms with Gasteiger partial charge in [-0.3, -0.25) is 9.59 Å². The predicted molar refractivity (Wildman–Crippen MR) is 157 cm³/mol. The van der Waals surface area contributed by atoms with Crippen molar-refractivity contribution >= 4 is 23.2 Å². The zero-order valence-electron chi connectivity index (χ0n) is 23.1. The second-order valence-corrected chi connectivity index (χ2v) is 10.4. The lowest BCUT2D eigenvalue weighted by Crippen LogP contribution is -2.35. The normalized spacial score (nSPS) is 13.5. The molecule has 0 bridgehead atoms. The predicted octanol–water partition coefficient (Wildman–Crippen LogP) is 7.15. The van der Waals surface area contributed by atoms with Crippen molar-refractivity contribution in [2.75, 3.05) is 16.8 Å². The van der Waals surface area contributed by atoms with Crippen LogP contribution in [0.15, 0.2) is 66.7 Å². The Hall–Kier alpha value is -3.60. The Morgan fingerprint density at radius 1 is 0.895 bits per heavy atom. The van der Waals surface area contributed by atoms with Crippen molar-refractivity contribution in [3.63, 3.8) is 0 Å². The molecule has 1 atom stereocenters. The van der Waals surface area contributed by atoms with Crippen molar-refractivity contribution in [2.45, 2.75) is 78.3 Å². The molecular weight excluding hydrogens is 470 g/mol. The first-order valence-electron chi connectivity index (χ1n) is 14.2. The molecule has 0 fully saturated rings. The number of carbonyl (C=O) groups is 2. The molecule has 1 unspecified atom stereocenters. The van der Waals surface area contributed by atoms with Crippen LogP contribution in [0.3, 0.4) is 0 Å². The molecule has 2 amide bonds. The molecule has 3 aromatic carbocycles. The summed E-state index contributed by atoms with van der Waals surface area (Å²) in [6, 6.07) is 22.1. The summed E-state index contributed by atoms with van der Waals surface area (Å²) in [5, 5.41) is 6.12. The zero-order chi connectivity index (χ0) is 26.9. The quantitative estimate of drug-likeness (QED) is 0.269. The number of nitrogens with one attached hydrogen (secondary N) is 2. The third-order valence-electron chi connectivity index (χ3n) is 7.50. The van der Waals surface area contributed by atoms with E-state index in [2.05, 4.69) is 53.6 Å². The topological polar surface area (TPSA) is 61.4 Å². The maximum absolute atomic E-state index is 13.3. The highest BCUT2D eigenvalue weighted by Gasteiger charge is 2.22. The van der Waals surface area contributed by atoms with Crippen LogP contribution >= 0.6 is 0 Å². The number of hydrogen-bond donors (Lipinski definition) is 2. The third-order valence-corrected chi connectivity index (χ3v) is 7.50. The van der Waals surface area contributed by atoms with Gasteiger partial charge in [0, 0.05) is 36.1 Å². The molecule has 3 aromatic rings. The van der Waals surface area contributed by atoms with Crippen molar-refractivity contribution in [1.29, 1.82) is 0 Å². The summed E-state index contributed by atoms with van der Waals surface area (Å²) in [6.07, 6.45) is 7.74. The Kier molecular flexibility index (Phi) is 9.58. The maximum Gasteiger partial charge on any atom is 0.255 e. The van der Waals surface area contributed by atoms with Gasteiger partial charge in [-0.25, -0.2) is 0 Å². The van der Waals surface area contributed by atoms with Crippen LogP contribution in [0, 0.1) is 0 Å². The largest absolute Gasteiger partial charge is 0.366 e. The van der Waals surface area contributed by atoms with Gasteiger partial charge in [-0.15, -0.1) is 0 Å². The molecule has 2 N–H and O–H groups in total. The molecule has 1 aliphatic rings. The Bertz CT molecular complexity index is 1240. The fraction of sp³-hybridized carbons (Fsp3) is 0.394. The maximum atomic E-state index is 13.3. The molecule has 1 aliphatic heterocycles.